The first-order chi connectivity index (χ1) is 8.47. The highest BCUT2D eigenvalue weighted by atomic mass is 19.2. The fourth-order valence-electron chi connectivity index (χ4n) is 1.42. The largest absolute Gasteiger partial charge is 0.398 e. The molecule has 2 rings (SSSR count). The molecule has 0 saturated heterocycles. The number of hydrogen-bond acceptors (Lipinski definition) is 3. The number of amides is 1. The molecule has 0 aliphatic carbocycles. The van der Waals surface area contributed by atoms with Gasteiger partial charge in [0.2, 0.25) is 0 Å². The normalized spacial score (nSPS) is 10.4. The second-order valence-electron chi connectivity index (χ2n) is 3.74. The molecule has 1 aromatic carbocycles. The number of nitrogens with zero attached hydrogens (tertiary/aromatic N) is 1. The second kappa shape index (κ2) is 4.44. The van der Waals surface area contributed by atoms with Gasteiger partial charge < -0.3 is 11.1 Å². The molecule has 18 heavy (non-hydrogen) atoms. The number of carbonyl (C=O) groups is 1. The van der Waals surface area contributed by atoms with E-state index in [1.807, 2.05) is 0 Å². The number of anilines is 2. The molecule has 0 atom stereocenters. The first-order valence-electron chi connectivity index (χ1n) is 5.05. The van der Waals surface area contributed by atoms with Crippen molar-refractivity contribution in [3.05, 3.63) is 41.1 Å². The Kier molecular flexibility index (Phi) is 2.97. The molecule has 94 valence electrons. The van der Waals surface area contributed by atoms with Gasteiger partial charge in [0, 0.05) is 23.5 Å². The monoisotopic (exact) mass is 252 g/mol. The molecule has 1 aromatic heterocycles. The molecule has 1 heterocycles. The molecule has 1 amide bonds. The number of rotatable bonds is 2. The van der Waals surface area contributed by atoms with E-state index in [9.17, 15) is 13.6 Å². The van der Waals surface area contributed by atoms with Crippen LogP contribution >= 0.6 is 0 Å². The molecule has 2 aromatic rings. The van der Waals surface area contributed by atoms with Gasteiger partial charge in [0.15, 0.2) is 17.5 Å². The summed E-state index contributed by atoms with van der Waals surface area (Å²) in [6.07, 6.45) is 0. The Morgan fingerprint density at radius 1 is 1.33 bits per heavy atom. The number of nitrogens with one attached hydrogen (secondary N) is 2. The third-order valence-corrected chi connectivity index (χ3v) is 2.28. The van der Waals surface area contributed by atoms with Crippen LogP contribution in [0.5, 0.6) is 0 Å². The number of aromatic nitrogens is 2. The van der Waals surface area contributed by atoms with E-state index in [0.29, 0.717) is 0 Å². The lowest BCUT2D eigenvalue weighted by Gasteiger charge is -2.06. The van der Waals surface area contributed by atoms with Crippen LogP contribution in [-0.4, -0.2) is 16.1 Å². The van der Waals surface area contributed by atoms with Gasteiger partial charge in [0.25, 0.3) is 5.91 Å². The molecule has 0 spiro atoms. The summed E-state index contributed by atoms with van der Waals surface area (Å²) < 4.78 is 25.9. The maximum absolute atomic E-state index is 13.0. The molecule has 7 heteroatoms. The predicted molar refractivity (Wildman–Crippen MR) is 62.0 cm³/mol. The molecular formula is C11H10F2N4O. The molecule has 5 nitrogen and oxygen atoms in total. The van der Waals surface area contributed by atoms with Crippen LogP contribution in [0.1, 0.15) is 16.1 Å². The third kappa shape index (κ3) is 2.29. The van der Waals surface area contributed by atoms with Crippen LogP contribution in [0, 0.1) is 18.6 Å². The Morgan fingerprint density at radius 2 is 2.00 bits per heavy atom. The van der Waals surface area contributed by atoms with Crippen molar-refractivity contribution >= 4 is 17.4 Å². The summed E-state index contributed by atoms with van der Waals surface area (Å²) in [4.78, 5) is 11.8. The minimum Gasteiger partial charge on any atom is -0.398 e. The van der Waals surface area contributed by atoms with Crippen LogP contribution in [0.3, 0.4) is 0 Å². The van der Waals surface area contributed by atoms with Gasteiger partial charge in [-0.1, -0.05) is 0 Å². The van der Waals surface area contributed by atoms with Crippen molar-refractivity contribution in [1.29, 1.82) is 0 Å². The Bertz CT molecular complexity index is 609. The zero-order chi connectivity index (χ0) is 13.3. The van der Waals surface area contributed by atoms with Crippen molar-refractivity contribution in [2.45, 2.75) is 6.92 Å². The summed E-state index contributed by atoms with van der Waals surface area (Å²) in [5.41, 5.74) is 5.92. The van der Waals surface area contributed by atoms with Crippen molar-refractivity contribution in [2.75, 3.05) is 11.1 Å². The average molecular weight is 252 g/mol. The van der Waals surface area contributed by atoms with Gasteiger partial charge >= 0.3 is 0 Å². The Morgan fingerprint density at radius 3 is 2.61 bits per heavy atom. The number of benzene rings is 1. The van der Waals surface area contributed by atoms with Gasteiger partial charge in [-0.3, -0.25) is 9.89 Å². The predicted octanol–water partition coefficient (Wildman–Crippen LogP) is 1.83. The lowest BCUT2D eigenvalue weighted by molar-refractivity contribution is 0.102. The van der Waals surface area contributed by atoms with Gasteiger partial charge in [-0.2, -0.15) is 5.10 Å². The SMILES string of the molecule is Cc1cc(NC(=O)c2cc(F)c(F)cc2N)n[nH]1. The zero-order valence-electron chi connectivity index (χ0n) is 9.42. The molecule has 0 aliphatic rings. The third-order valence-electron chi connectivity index (χ3n) is 2.28. The summed E-state index contributed by atoms with van der Waals surface area (Å²) in [6, 6.07) is 3.10. The Labute approximate surface area is 101 Å². The maximum atomic E-state index is 13.0. The van der Waals surface area contributed by atoms with E-state index in [0.717, 1.165) is 17.8 Å². The topological polar surface area (TPSA) is 83.8 Å². The van der Waals surface area contributed by atoms with Crippen molar-refractivity contribution < 1.29 is 13.6 Å². The van der Waals surface area contributed by atoms with Crippen molar-refractivity contribution in [3.63, 3.8) is 0 Å². The number of hydrogen-bond donors (Lipinski definition) is 3. The number of halogens is 2. The van der Waals surface area contributed by atoms with Crippen molar-refractivity contribution in [3.8, 4) is 0 Å². The summed E-state index contributed by atoms with van der Waals surface area (Å²) in [5.74, 6) is -2.60. The molecule has 0 saturated carbocycles. The van der Waals surface area contributed by atoms with Crippen LogP contribution < -0.4 is 11.1 Å². The number of aryl methyl sites for hydroxylation is 1. The number of aromatic amines is 1. The van der Waals surface area contributed by atoms with Gasteiger partial charge in [0.05, 0.1) is 5.56 Å². The molecule has 0 bridgehead atoms. The molecular weight excluding hydrogens is 242 g/mol. The van der Waals surface area contributed by atoms with Gasteiger partial charge in [-0.05, 0) is 13.0 Å². The van der Waals surface area contributed by atoms with Crippen LogP contribution in [0.25, 0.3) is 0 Å². The van der Waals surface area contributed by atoms with E-state index in [1.165, 1.54) is 0 Å². The number of nitrogen functional groups attached to an aromatic ring is 1. The smallest absolute Gasteiger partial charge is 0.259 e. The average Bonchev–Trinajstić information content (AvgIpc) is 2.69. The highest BCUT2D eigenvalue weighted by Gasteiger charge is 2.15. The number of H-pyrrole nitrogens is 1. The number of carbonyl (C=O) groups excluding carboxylic acids is 1. The summed E-state index contributed by atoms with van der Waals surface area (Å²) in [6.45, 7) is 1.76. The Balaban J connectivity index is 2.26. The lowest BCUT2D eigenvalue weighted by Crippen LogP contribution is -2.15. The summed E-state index contributed by atoms with van der Waals surface area (Å²) >= 11 is 0. The minimum atomic E-state index is -1.13. The second-order valence-corrected chi connectivity index (χ2v) is 3.74. The van der Waals surface area contributed by atoms with E-state index < -0.39 is 17.5 Å². The molecule has 0 unspecified atom stereocenters. The fraction of sp³-hybridized carbons (Fsp3) is 0.0909. The van der Waals surface area contributed by atoms with Crippen LogP contribution in [0.2, 0.25) is 0 Å². The highest BCUT2D eigenvalue weighted by Crippen LogP contribution is 2.18. The first-order valence-corrected chi connectivity index (χ1v) is 5.05. The van der Waals surface area contributed by atoms with E-state index in [4.69, 9.17) is 5.73 Å². The molecule has 4 N–H and O–H groups in total. The number of nitrogens with two attached hydrogens (primary N) is 1. The van der Waals surface area contributed by atoms with E-state index >= 15 is 0 Å². The van der Waals surface area contributed by atoms with Crippen molar-refractivity contribution in [2.24, 2.45) is 0 Å². The van der Waals surface area contributed by atoms with Crippen LogP contribution in [0.15, 0.2) is 18.2 Å². The molecule has 0 radical (unpaired) electrons. The van der Waals surface area contributed by atoms with Gasteiger partial charge in [-0.15, -0.1) is 0 Å². The quantitative estimate of drug-likeness (QED) is 0.713. The van der Waals surface area contributed by atoms with E-state index in [-0.39, 0.29) is 17.1 Å². The zero-order valence-corrected chi connectivity index (χ0v) is 9.42. The Hall–Kier alpha value is -2.44. The minimum absolute atomic E-state index is 0.140. The van der Waals surface area contributed by atoms with Crippen LogP contribution in [0.4, 0.5) is 20.3 Å². The van der Waals surface area contributed by atoms with Gasteiger partial charge in [-0.25, -0.2) is 8.78 Å². The lowest BCUT2D eigenvalue weighted by atomic mass is 10.1. The van der Waals surface area contributed by atoms with Gasteiger partial charge in [0.1, 0.15) is 0 Å². The van der Waals surface area contributed by atoms with E-state index in [2.05, 4.69) is 15.5 Å². The fourth-order valence-corrected chi connectivity index (χ4v) is 1.42. The molecule has 0 fully saturated rings. The maximum Gasteiger partial charge on any atom is 0.259 e. The summed E-state index contributed by atoms with van der Waals surface area (Å²) in [7, 11) is 0. The van der Waals surface area contributed by atoms with Crippen molar-refractivity contribution in [1.82, 2.24) is 10.2 Å². The van der Waals surface area contributed by atoms with Crippen LogP contribution in [-0.2, 0) is 0 Å². The highest BCUT2D eigenvalue weighted by molar-refractivity contribution is 6.07. The van der Waals surface area contributed by atoms with E-state index in [1.54, 1.807) is 13.0 Å². The summed E-state index contributed by atoms with van der Waals surface area (Å²) in [5, 5.41) is 8.83. The molecule has 0 aliphatic heterocycles. The standard InChI is InChI=1S/C11H10F2N4O/c1-5-2-10(17-16-5)15-11(18)6-3-7(12)8(13)4-9(6)14/h2-4H,14H2,1H3,(H2,15,16,17,18). The first kappa shape index (κ1) is 12.0.